The lowest BCUT2D eigenvalue weighted by Crippen LogP contribution is -1.91. The Bertz CT molecular complexity index is 687. The fraction of sp³-hybridized carbons (Fsp3) is 0.0714. The number of nitrogens with zero attached hydrogens (tertiary/aromatic N) is 2. The molecule has 1 aromatic heterocycles. The first-order chi connectivity index (χ1) is 8.78. The summed E-state index contributed by atoms with van der Waals surface area (Å²) in [5, 5.41) is 9.41. The topological polar surface area (TPSA) is 47.3 Å². The van der Waals surface area contributed by atoms with Crippen molar-refractivity contribution in [3.05, 3.63) is 48.8 Å². The molecular formula is C14H12N2O2. The number of methoxy groups -OCH3 is 1. The number of imidazole rings is 1. The van der Waals surface area contributed by atoms with Crippen LogP contribution >= 0.6 is 0 Å². The molecule has 0 aliphatic carbocycles. The van der Waals surface area contributed by atoms with E-state index in [1.54, 1.807) is 25.6 Å². The minimum absolute atomic E-state index is 0.225. The maximum absolute atomic E-state index is 9.41. The van der Waals surface area contributed by atoms with E-state index < -0.39 is 0 Å². The predicted octanol–water partition coefficient (Wildman–Crippen LogP) is 2.74. The number of hydrogen-bond donors (Lipinski definition) is 1. The first kappa shape index (κ1) is 10.7. The third kappa shape index (κ3) is 1.68. The van der Waals surface area contributed by atoms with Gasteiger partial charge in [0, 0.05) is 11.8 Å². The van der Waals surface area contributed by atoms with E-state index >= 15 is 0 Å². The predicted molar refractivity (Wildman–Crippen MR) is 69.3 cm³/mol. The molecule has 4 nitrogen and oxygen atoms in total. The van der Waals surface area contributed by atoms with E-state index in [2.05, 4.69) is 4.98 Å². The van der Waals surface area contributed by atoms with Crippen LogP contribution in [0.2, 0.25) is 0 Å². The molecule has 0 amide bonds. The summed E-state index contributed by atoms with van der Waals surface area (Å²) < 4.78 is 7.10. The van der Waals surface area contributed by atoms with E-state index in [9.17, 15) is 5.11 Å². The standard InChI is InChI=1S/C14H12N2O2/c1-18-12-5-2-10(3-6-12)16-9-15-13-8-11(17)4-7-14(13)16/h2-9,17H,1H3. The van der Waals surface area contributed by atoms with Gasteiger partial charge in [0.15, 0.2) is 0 Å². The maximum Gasteiger partial charge on any atom is 0.119 e. The average Bonchev–Trinajstić information content (AvgIpc) is 2.81. The van der Waals surface area contributed by atoms with E-state index in [1.165, 1.54) is 0 Å². The summed E-state index contributed by atoms with van der Waals surface area (Å²) in [6, 6.07) is 12.9. The van der Waals surface area contributed by atoms with Crippen LogP contribution in [0, 0.1) is 0 Å². The number of benzene rings is 2. The maximum atomic E-state index is 9.41. The molecule has 0 saturated heterocycles. The van der Waals surface area contributed by atoms with Crippen LogP contribution < -0.4 is 4.74 Å². The molecule has 3 aromatic rings. The van der Waals surface area contributed by atoms with Crippen LogP contribution in [0.4, 0.5) is 0 Å². The lowest BCUT2D eigenvalue weighted by Gasteiger charge is -2.05. The second-order valence-corrected chi connectivity index (χ2v) is 3.99. The lowest BCUT2D eigenvalue weighted by molar-refractivity contribution is 0.415. The Kier molecular flexibility index (Phi) is 2.41. The molecule has 0 radical (unpaired) electrons. The molecule has 0 aliphatic rings. The monoisotopic (exact) mass is 240 g/mol. The van der Waals surface area contributed by atoms with Gasteiger partial charge in [-0.3, -0.25) is 4.57 Å². The Labute approximate surface area is 104 Å². The van der Waals surface area contributed by atoms with E-state index in [-0.39, 0.29) is 5.75 Å². The molecule has 18 heavy (non-hydrogen) atoms. The van der Waals surface area contributed by atoms with Crippen LogP contribution in [0.15, 0.2) is 48.8 Å². The van der Waals surface area contributed by atoms with Crippen LogP contribution in [0.1, 0.15) is 0 Å². The van der Waals surface area contributed by atoms with Gasteiger partial charge in [0.05, 0.1) is 18.1 Å². The molecule has 2 aromatic carbocycles. The number of aromatic hydroxyl groups is 1. The Morgan fingerprint density at radius 1 is 1.11 bits per heavy atom. The summed E-state index contributed by atoms with van der Waals surface area (Å²) >= 11 is 0. The number of phenolic OH excluding ortho intramolecular Hbond substituents is 1. The van der Waals surface area contributed by atoms with Gasteiger partial charge in [-0.2, -0.15) is 0 Å². The molecule has 0 saturated carbocycles. The SMILES string of the molecule is COc1ccc(-n2cnc3cc(O)ccc32)cc1. The molecule has 0 bridgehead atoms. The van der Waals surface area contributed by atoms with E-state index in [0.717, 1.165) is 22.5 Å². The molecule has 0 unspecified atom stereocenters. The third-order valence-electron chi connectivity index (χ3n) is 2.88. The second kappa shape index (κ2) is 4.07. The van der Waals surface area contributed by atoms with Gasteiger partial charge in [0.25, 0.3) is 0 Å². The van der Waals surface area contributed by atoms with Gasteiger partial charge in [-0.25, -0.2) is 4.98 Å². The molecule has 0 atom stereocenters. The average molecular weight is 240 g/mol. The van der Waals surface area contributed by atoms with Crippen LogP contribution in [-0.2, 0) is 0 Å². The summed E-state index contributed by atoms with van der Waals surface area (Å²) in [6.07, 6.45) is 1.74. The van der Waals surface area contributed by atoms with Gasteiger partial charge in [0.1, 0.15) is 17.8 Å². The first-order valence-corrected chi connectivity index (χ1v) is 5.58. The fourth-order valence-electron chi connectivity index (χ4n) is 1.95. The largest absolute Gasteiger partial charge is 0.508 e. The van der Waals surface area contributed by atoms with Crippen molar-refractivity contribution in [2.45, 2.75) is 0 Å². The van der Waals surface area contributed by atoms with E-state index in [0.29, 0.717) is 0 Å². The number of phenols is 1. The Balaban J connectivity index is 2.13. The molecule has 90 valence electrons. The van der Waals surface area contributed by atoms with Crippen molar-refractivity contribution in [2.24, 2.45) is 0 Å². The van der Waals surface area contributed by atoms with Gasteiger partial charge in [0.2, 0.25) is 0 Å². The zero-order valence-electron chi connectivity index (χ0n) is 9.87. The minimum atomic E-state index is 0.225. The van der Waals surface area contributed by atoms with Crippen LogP contribution in [0.3, 0.4) is 0 Å². The minimum Gasteiger partial charge on any atom is -0.508 e. The molecule has 0 fully saturated rings. The summed E-state index contributed by atoms with van der Waals surface area (Å²) in [5.41, 5.74) is 2.73. The van der Waals surface area contributed by atoms with Crippen LogP contribution in [-0.4, -0.2) is 21.8 Å². The Hall–Kier alpha value is -2.49. The highest BCUT2D eigenvalue weighted by molar-refractivity contribution is 5.78. The molecule has 1 N–H and O–H groups in total. The van der Waals surface area contributed by atoms with E-state index in [4.69, 9.17) is 4.74 Å². The van der Waals surface area contributed by atoms with Gasteiger partial charge in [-0.1, -0.05) is 0 Å². The highest BCUT2D eigenvalue weighted by Gasteiger charge is 2.05. The van der Waals surface area contributed by atoms with Gasteiger partial charge in [-0.05, 0) is 36.4 Å². The summed E-state index contributed by atoms with van der Waals surface area (Å²) in [7, 11) is 1.64. The molecular weight excluding hydrogens is 228 g/mol. The van der Waals surface area contributed by atoms with Gasteiger partial charge in [-0.15, -0.1) is 0 Å². The summed E-state index contributed by atoms with van der Waals surface area (Å²) in [4.78, 5) is 4.27. The number of fused-ring (bicyclic) bond motifs is 1. The third-order valence-corrected chi connectivity index (χ3v) is 2.88. The molecule has 4 heteroatoms. The molecule has 0 aliphatic heterocycles. The number of ether oxygens (including phenoxy) is 1. The number of rotatable bonds is 2. The molecule has 0 spiro atoms. The Morgan fingerprint density at radius 3 is 2.61 bits per heavy atom. The Morgan fingerprint density at radius 2 is 1.89 bits per heavy atom. The smallest absolute Gasteiger partial charge is 0.119 e. The highest BCUT2D eigenvalue weighted by atomic mass is 16.5. The van der Waals surface area contributed by atoms with Crippen molar-refractivity contribution in [1.29, 1.82) is 0 Å². The van der Waals surface area contributed by atoms with Crippen LogP contribution in [0.25, 0.3) is 16.7 Å². The second-order valence-electron chi connectivity index (χ2n) is 3.99. The quantitative estimate of drug-likeness (QED) is 0.749. The van der Waals surface area contributed by atoms with Gasteiger partial charge < -0.3 is 9.84 Å². The van der Waals surface area contributed by atoms with E-state index in [1.807, 2.05) is 34.9 Å². The number of hydrogen-bond acceptors (Lipinski definition) is 3. The molecule has 3 rings (SSSR count). The summed E-state index contributed by atoms with van der Waals surface area (Å²) in [6.45, 7) is 0. The van der Waals surface area contributed by atoms with Crippen molar-refractivity contribution in [1.82, 2.24) is 9.55 Å². The summed E-state index contributed by atoms with van der Waals surface area (Å²) in [5.74, 6) is 1.04. The molecule has 1 heterocycles. The van der Waals surface area contributed by atoms with Crippen molar-refractivity contribution < 1.29 is 9.84 Å². The van der Waals surface area contributed by atoms with Crippen molar-refractivity contribution in [2.75, 3.05) is 7.11 Å². The zero-order valence-corrected chi connectivity index (χ0v) is 9.87. The normalized spacial score (nSPS) is 10.7. The first-order valence-electron chi connectivity index (χ1n) is 5.58. The number of aromatic nitrogens is 2. The van der Waals surface area contributed by atoms with Crippen molar-refractivity contribution in [3.63, 3.8) is 0 Å². The zero-order chi connectivity index (χ0) is 12.5. The van der Waals surface area contributed by atoms with Gasteiger partial charge >= 0.3 is 0 Å². The van der Waals surface area contributed by atoms with Crippen molar-refractivity contribution in [3.8, 4) is 17.2 Å². The van der Waals surface area contributed by atoms with Crippen LogP contribution in [0.5, 0.6) is 11.5 Å². The highest BCUT2D eigenvalue weighted by Crippen LogP contribution is 2.23. The lowest BCUT2D eigenvalue weighted by atomic mass is 10.2. The van der Waals surface area contributed by atoms with Crippen molar-refractivity contribution >= 4 is 11.0 Å². The fourth-order valence-corrected chi connectivity index (χ4v) is 1.95.